The number of rotatable bonds is 4. The molecule has 0 aliphatic carbocycles. The first-order chi connectivity index (χ1) is 14.8. The maximum atomic E-state index is 5.52. The van der Waals surface area contributed by atoms with Crippen LogP contribution < -0.4 is 15.0 Å². The summed E-state index contributed by atoms with van der Waals surface area (Å²) in [6, 6.07) is 12.4. The molecule has 5 rings (SSSR count). The number of methoxy groups -OCH3 is 1. The van der Waals surface area contributed by atoms with Crippen molar-refractivity contribution in [1.29, 1.82) is 0 Å². The van der Waals surface area contributed by atoms with Gasteiger partial charge in [-0.05, 0) is 42.7 Å². The van der Waals surface area contributed by atoms with Gasteiger partial charge >= 0.3 is 0 Å². The Morgan fingerprint density at radius 3 is 2.73 bits per heavy atom. The third-order valence-corrected chi connectivity index (χ3v) is 5.73. The lowest BCUT2D eigenvalue weighted by Gasteiger charge is -2.31. The second-order valence-electron chi connectivity index (χ2n) is 7.55. The van der Waals surface area contributed by atoms with Gasteiger partial charge in [-0.1, -0.05) is 12.1 Å². The predicted molar refractivity (Wildman–Crippen MR) is 116 cm³/mol. The summed E-state index contributed by atoms with van der Waals surface area (Å²) in [6.07, 6.45) is 5.57. The molecule has 2 aliphatic rings. The summed E-state index contributed by atoms with van der Waals surface area (Å²) in [5.41, 5.74) is 4.41. The summed E-state index contributed by atoms with van der Waals surface area (Å²) in [7, 11) is 1.69. The lowest BCUT2D eigenvalue weighted by Crippen LogP contribution is -2.37. The van der Waals surface area contributed by atoms with Crippen LogP contribution in [0, 0.1) is 0 Å². The molecule has 154 valence electrons. The monoisotopic (exact) mass is 403 g/mol. The first kappa shape index (κ1) is 18.8. The minimum Gasteiger partial charge on any atom is -0.497 e. The molecular weight excluding hydrogens is 378 g/mol. The van der Waals surface area contributed by atoms with Gasteiger partial charge in [0, 0.05) is 36.6 Å². The lowest BCUT2D eigenvalue weighted by molar-refractivity contribution is 0.122. The minimum atomic E-state index is 0.214. The van der Waals surface area contributed by atoms with Gasteiger partial charge in [0.15, 0.2) is 0 Å². The van der Waals surface area contributed by atoms with Crippen LogP contribution in [0.25, 0.3) is 11.3 Å². The number of hydrogen-bond donors (Lipinski definition) is 1. The van der Waals surface area contributed by atoms with Crippen molar-refractivity contribution in [2.75, 3.05) is 43.6 Å². The van der Waals surface area contributed by atoms with Crippen LogP contribution in [0.15, 0.2) is 48.8 Å². The average Bonchev–Trinajstić information content (AvgIpc) is 2.84. The van der Waals surface area contributed by atoms with E-state index in [1.165, 1.54) is 5.56 Å². The van der Waals surface area contributed by atoms with Crippen LogP contribution in [0.1, 0.15) is 23.6 Å². The molecule has 3 aromatic rings. The Labute approximate surface area is 176 Å². The Balaban J connectivity index is 1.58. The Hall–Kier alpha value is -3.19. The fraction of sp³-hybridized carbons (Fsp3) is 0.348. The van der Waals surface area contributed by atoms with Gasteiger partial charge in [0.25, 0.3) is 0 Å². The molecule has 30 heavy (non-hydrogen) atoms. The molecule has 2 aliphatic heterocycles. The molecule has 1 N–H and O–H groups in total. The summed E-state index contributed by atoms with van der Waals surface area (Å²) in [6.45, 7) is 2.98. The van der Waals surface area contributed by atoms with E-state index in [2.05, 4.69) is 33.4 Å². The van der Waals surface area contributed by atoms with Gasteiger partial charge in [0.2, 0.25) is 5.95 Å². The van der Waals surface area contributed by atoms with E-state index in [0.29, 0.717) is 13.2 Å². The molecule has 1 saturated heterocycles. The fourth-order valence-electron chi connectivity index (χ4n) is 4.11. The molecule has 7 nitrogen and oxygen atoms in total. The van der Waals surface area contributed by atoms with Gasteiger partial charge in [-0.2, -0.15) is 4.98 Å². The lowest BCUT2D eigenvalue weighted by atomic mass is 9.93. The van der Waals surface area contributed by atoms with Gasteiger partial charge in [-0.15, -0.1) is 0 Å². The zero-order valence-electron chi connectivity index (χ0n) is 17.0. The molecule has 1 fully saturated rings. The zero-order valence-corrected chi connectivity index (χ0v) is 17.0. The first-order valence-corrected chi connectivity index (χ1v) is 10.4. The molecule has 0 spiro atoms. The first-order valence-electron chi connectivity index (χ1n) is 10.4. The Morgan fingerprint density at radius 1 is 1.10 bits per heavy atom. The van der Waals surface area contributed by atoms with Crippen LogP contribution in [0.3, 0.4) is 0 Å². The molecule has 2 aromatic heterocycles. The number of morpholine rings is 1. The van der Waals surface area contributed by atoms with Crippen molar-refractivity contribution in [3.8, 4) is 17.0 Å². The van der Waals surface area contributed by atoms with Gasteiger partial charge in [-0.25, -0.2) is 4.98 Å². The topological polar surface area (TPSA) is 72.4 Å². The van der Waals surface area contributed by atoms with Crippen LogP contribution in [0.5, 0.6) is 5.75 Å². The van der Waals surface area contributed by atoms with Crippen molar-refractivity contribution in [2.45, 2.75) is 18.9 Å². The van der Waals surface area contributed by atoms with Crippen molar-refractivity contribution in [3.63, 3.8) is 0 Å². The quantitative estimate of drug-likeness (QED) is 0.715. The van der Waals surface area contributed by atoms with Crippen LogP contribution in [0.2, 0.25) is 0 Å². The third-order valence-electron chi connectivity index (χ3n) is 5.73. The van der Waals surface area contributed by atoms with Crippen LogP contribution in [-0.4, -0.2) is 48.4 Å². The van der Waals surface area contributed by atoms with E-state index in [1.807, 2.05) is 30.6 Å². The van der Waals surface area contributed by atoms with E-state index in [1.54, 1.807) is 7.11 Å². The van der Waals surface area contributed by atoms with E-state index in [4.69, 9.17) is 19.4 Å². The van der Waals surface area contributed by atoms with E-state index in [9.17, 15) is 0 Å². The SMILES string of the molecule is COc1cccc(-c2nc(N3CCOCC3)nc3c2CCC(c2ccncc2)N3)c1. The number of benzene rings is 1. The molecule has 7 heteroatoms. The van der Waals surface area contributed by atoms with Crippen molar-refractivity contribution < 1.29 is 9.47 Å². The van der Waals surface area contributed by atoms with Crippen molar-refractivity contribution in [3.05, 3.63) is 59.9 Å². The standard InChI is InChI=1S/C23H25N5O2/c1-29-18-4-2-3-17(15-18)21-19-5-6-20(16-7-9-24-10-8-16)25-22(19)27-23(26-21)28-11-13-30-14-12-28/h2-4,7-10,15,20H,5-6,11-14H2,1H3,(H,25,26,27). The van der Waals surface area contributed by atoms with Crippen LogP contribution >= 0.6 is 0 Å². The molecule has 0 bridgehead atoms. The normalized spacial score (nSPS) is 18.4. The molecule has 1 aromatic carbocycles. The van der Waals surface area contributed by atoms with Crippen molar-refractivity contribution >= 4 is 11.8 Å². The largest absolute Gasteiger partial charge is 0.497 e. The molecule has 4 heterocycles. The van der Waals surface area contributed by atoms with E-state index in [0.717, 1.165) is 60.3 Å². The summed E-state index contributed by atoms with van der Waals surface area (Å²) in [5, 5.41) is 3.66. The molecule has 0 amide bonds. The second-order valence-corrected chi connectivity index (χ2v) is 7.55. The van der Waals surface area contributed by atoms with Gasteiger partial charge in [0.05, 0.1) is 32.1 Å². The second kappa shape index (κ2) is 8.28. The highest BCUT2D eigenvalue weighted by atomic mass is 16.5. The fourth-order valence-corrected chi connectivity index (χ4v) is 4.11. The summed E-state index contributed by atoms with van der Waals surface area (Å²) < 4.78 is 11.0. The maximum absolute atomic E-state index is 5.52. The molecular formula is C23H25N5O2. The van der Waals surface area contributed by atoms with E-state index >= 15 is 0 Å². The molecule has 1 atom stereocenters. The number of fused-ring (bicyclic) bond motifs is 1. The Bertz CT molecular complexity index is 1020. The molecule has 0 radical (unpaired) electrons. The predicted octanol–water partition coefficient (Wildman–Crippen LogP) is 3.48. The molecule has 0 saturated carbocycles. The van der Waals surface area contributed by atoms with Crippen molar-refractivity contribution in [1.82, 2.24) is 15.0 Å². The third kappa shape index (κ3) is 3.68. The number of aromatic nitrogens is 3. The van der Waals surface area contributed by atoms with E-state index < -0.39 is 0 Å². The highest BCUT2D eigenvalue weighted by molar-refractivity contribution is 5.72. The summed E-state index contributed by atoms with van der Waals surface area (Å²) >= 11 is 0. The average molecular weight is 403 g/mol. The number of pyridine rings is 1. The highest BCUT2D eigenvalue weighted by Crippen LogP contribution is 2.38. The number of anilines is 2. The van der Waals surface area contributed by atoms with Gasteiger partial charge in [0.1, 0.15) is 11.6 Å². The Kier molecular flexibility index (Phi) is 5.19. The zero-order chi connectivity index (χ0) is 20.3. The molecule has 1 unspecified atom stereocenters. The van der Waals surface area contributed by atoms with E-state index in [-0.39, 0.29) is 6.04 Å². The van der Waals surface area contributed by atoms with Gasteiger partial charge in [-0.3, -0.25) is 4.98 Å². The maximum Gasteiger partial charge on any atom is 0.228 e. The number of nitrogens with zero attached hydrogens (tertiary/aromatic N) is 4. The van der Waals surface area contributed by atoms with Crippen LogP contribution in [-0.2, 0) is 11.2 Å². The van der Waals surface area contributed by atoms with Crippen molar-refractivity contribution in [2.24, 2.45) is 0 Å². The number of hydrogen-bond acceptors (Lipinski definition) is 7. The highest BCUT2D eigenvalue weighted by Gasteiger charge is 2.26. The minimum absolute atomic E-state index is 0.214. The summed E-state index contributed by atoms with van der Waals surface area (Å²) in [4.78, 5) is 16.3. The number of nitrogens with one attached hydrogen (secondary N) is 1. The smallest absolute Gasteiger partial charge is 0.228 e. The number of ether oxygens (including phenoxy) is 2. The Morgan fingerprint density at radius 2 is 1.93 bits per heavy atom. The summed E-state index contributed by atoms with van der Waals surface area (Å²) in [5.74, 6) is 2.49. The van der Waals surface area contributed by atoms with Crippen LogP contribution in [0.4, 0.5) is 11.8 Å². The van der Waals surface area contributed by atoms with Gasteiger partial charge < -0.3 is 19.7 Å².